The molecule has 58 valence electrons. The van der Waals surface area contributed by atoms with E-state index in [1.54, 1.807) is 12.1 Å². The second-order valence-electron chi connectivity index (χ2n) is 1.94. The number of phenols is 1. The van der Waals surface area contributed by atoms with E-state index < -0.39 is 0 Å². The van der Waals surface area contributed by atoms with E-state index in [2.05, 4.69) is 5.11 Å². The van der Waals surface area contributed by atoms with E-state index in [1.165, 1.54) is 13.2 Å². The normalized spacial score (nSPS) is 9.18. The van der Waals surface area contributed by atoms with Crippen LogP contribution in [0, 0.1) is 5.53 Å². The summed E-state index contributed by atoms with van der Waals surface area (Å²) in [6.45, 7) is 0. The summed E-state index contributed by atoms with van der Waals surface area (Å²) in [7, 11) is 1.42. The van der Waals surface area contributed by atoms with Gasteiger partial charge in [0.15, 0.2) is 11.5 Å². The number of methoxy groups -OCH3 is 1. The van der Waals surface area contributed by atoms with Gasteiger partial charge >= 0.3 is 0 Å². The lowest BCUT2D eigenvalue weighted by molar-refractivity contribution is 0.374. The maximum Gasteiger partial charge on any atom is 0.188 e. The van der Waals surface area contributed by atoms with Gasteiger partial charge in [-0.2, -0.15) is 5.11 Å². The van der Waals surface area contributed by atoms with Crippen LogP contribution in [0.2, 0.25) is 0 Å². The van der Waals surface area contributed by atoms with Gasteiger partial charge in [-0.15, -0.1) is 0 Å². The first-order chi connectivity index (χ1) is 5.29. The number of benzene rings is 1. The van der Waals surface area contributed by atoms with Crippen LogP contribution in [-0.2, 0) is 0 Å². The van der Waals surface area contributed by atoms with Gasteiger partial charge in [-0.25, -0.2) is 5.53 Å². The van der Waals surface area contributed by atoms with Crippen LogP contribution in [0.25, 0.3) is 0 Å². The number of aromatic hydroxyl groups is 1. The highest BCUT2D eigenvalue weighted by Gasteiger charge is 2.05. The summed E-state index contributed by atoms with van der Waals surface area (Å²) in [5.74, 6) is 0.239. The minimum Gasteiger partial charge on any atom is -0.504 e. The van der Waals surface area contributed by atoms with Crippen molar-refractivity contribution in [3.8, 4) is 11.5 Å². The van der Waals surface area contributed by atoms with Crippen molar-refractivity contribution in [3.63, 3.8) is 0 Å². The first-order valence-electron chi connectivity index (χ1n) is 3.03. The van der Waals surface area contributed by atoms with Gasteiger partial charge in [0, 0.05) is 0 Å². The second-order valence-corrected chi connectivity index (χ2v) is 1.94. The maximum absolute atomic E-state index is 9.15. The quantitative estimate of drug-likeness (QED) is 0.637. The molecule has 0 amide bonds. The molecular formula is C7H8N2O2. The van der Waals surface area contributed by atoms with Crippen molar-refractivity contribution in [2.24, 2.45) is 5.11 Å². The molecule has 11 heavy (non-hydrogen) atoms. The van der Waals surface area contributed by atoms with Crippen LogP contribution < -0.4 is 4.74 Å². The molecular weight excluding hydrogens is 144 g/mol. The van der Waals surface area contributed by atoms with Crippen LogP contribution in [0.3, 0.4) is 0 Å². The average Bonchev–Trinajstić information content (AvgIpc) is 2.04. The predicted octanol–water partition coefficient (Wildman–Crippen LogP) is 2.06. The molecule has 0 heterocycles. The predicted molar refractivity (Wildman–Crippen MR) is 39.5 cm³/mol. The number of phenolic OH excluding ortho intramolecular Hbond substituents is 1. The number of ether oxygens (including phenoxy) is 1. The highest BCUT2D eigenvalue weighted by atomic mass is 16.5. The van der Waals surface area contributed by atoms with Gasteiger partial charge in [-0.3, -0.25) is 0 Å². The second kappa shape index (κ2) is 3.01. The molecule has 0 fully saturated rings. The summed E-state index contributed by atoms with van der Waals surface area (Å²) < 4.78 is 4.80. The van der Waals surface area contributed by atoms with Crippen LogP contribution in [0.15, 0.2) is 23.3 Å². The minimum atomic E-state index is 0.000926. The Hall–Kier alpha value is -1.58. The van der Waals surface area contributed by atoms with E-state index >= 15 is 0 Å². The Labute approximate surface area is 63.9 Å². The Morgan fingerprint density at radius 2 is 2.27 bits per heavy atom. The molecule has 0 saturated heterocycles. The van der Waals surface area contributed by atoms with Gasteiger partial charge in [0.05, 0.1) is 7.11 Å². The van der Waals surface area contributed by atoms with Crippen molar-refractivity contribution in [3.05, 3.63) is 18.2 Å². The Morgan fingerprint density at radius 1 is 1.55 bits per heavy atom. The van der Waals surface area contributed by atoms with Gasteiger partial charge in [0.2, 0.25) is 0 Å². The first-order valence-corrected chi connectivity index (χ1v) is 3.03. The molecule has 2 N–H and O–H groups in total. The van der Waals surface area contributed by atoms with Crippen LogP contribution in [0.1, 0.15) is 0 Å². The van der Waals surface area contributed by atoms with E-state index in [1.807, 2.05) is 0 Å². The number of hydrogen-bond donors (Lipinski definition) is 2. The Bertz CT molecular complexity index is 273. The van der Waals surface area contributed by atoms with Crippen molar-refractivity contribution >= 4 is 5.69 Å². The third-order valence-electron chi connectivity index (χ3n) is 1.30. The summed E-state index contributed by atoms with van der Waals surface area (Å²) in [4.78, 5) is 0. The highest BCUT2D eigenvalue weighted by molar-refractivity contribution is 5.58. The van der Waals surface area contributed by atoms with E-state index in [-0.39, 0.29) is 11.5 Å². The largest absolute Gasteiger partial charge is 0.504 e. The average molecular weight is 152 g/mol. The van der Waals surface area contributed by atoms with Crippen molar-refractivity contribution in [1.29, 1.82) is 5.53 Å². The number of rotatable bonds is 2. The highest BCUT2D eigenvalue weighted by Crippen LogP contribution is 2.35. The van der Waals surface area contributed by atoms with E-state index in [0.717, 1.165) is 0 Å². The lowest BCUT2D eigenvalue weighted by Crippen LogP contribution is -1.82. The van der Waals surface area contributed by atoms with Crippen molar-refractivity contribution in [1.82, 2.24) is 0 Å². The lowest BCUT2D eigenvalue weighted by Gasteiger charge is -2.03. The molecule has 1 aromatic carbocycles. The molecule has 0 spiro atoms. The molecule has 0 aliphatic heterocycles. The Kier molecular flexibility index (Phi) is 2.06. The zero-order chi connectivity index (χ0) is 8.27. The monoisotopic (exact) mass is 152 g/mol. The maximum atomic E-state index is 9.15. The summed E-state index contributed by atoms with van der Waals surface area (Å²) in [6, 6.07) is 4.67. The third kappa shape index (κ3) is 1.29. The number of nitrogens with zero attached hydrogens (tertiary/aromatic N) is 1. The summed E-state index contributed by atoms with van der Waals surface area (Å²) in [5.41, 5.74) is 7.04. The fourth-order valence-electron chi connectivity index (χ4n) is 0.810. The van der Waals surface area contributed by atoms with Crippen LogP contribution in [0.4, 0.5) is 5.69 Å². The molecule has 0 aliphatic rings. The minimum absolute atomic E-state index is 0.000926. The molecule has 4 heteroatoms. The molecule has 0 saturated carbocycles. The lowest BCUT2D eigenvalue weighted by atomic mass is 10.3. The zero-order valence-electron chi connectivity index (χ0n) is 6.03. The van der Waals surface area contributed by atoms with Crippen molar-refractivity contribution in [2.75, 3.05) is 7.11 Å². The van der Waals surface area contributed by atoms with E-state index in [4.69, 9.17) is 15.4 Å². The van der Waals surface area contributed by atoms with Gasteiger partial charge in [-0.1, -0.05) is 6.07 Å². The first kappa shape index (κ1) is 7.53. The molecule has 0 aliphatic carbocycles. The fourth-order valence-corrected chi connectivity index (χ4v) is 0.810. The molecule has 1 rings (SSSR count). The molecule has 0 radical (unpaired) electrons. The van der Waals surface area contributed by atoms with Gasteiger partial charge in [-0.05, 0) is 12.1 Å². The van der Waals surface area contributed by atoms with Crippen molar-refractivity contribution in [2.45, 2.75) is 0 Å². The topological polar surface area (TPSA) is 65.7 Å². The molecule has 1 aromatic rings. The Morgan fingerprint density at radius 3 is 2.73 bits per heavy atom. The summed E-state index contributed by atoms with van der Waals surface area (Å²) in [6.07, 6.45) is 0. The SMILES string of the molecule is COc1c(O)cccc1N=N. The third-order valence-corrected chi connectivity index (χ3v) is 1.30. The Balaban J connectivity index is 3.23. The van der Waals surface area contributed by atoms with Crippen LogP contribution in [0.5, 0.6) is 11.5 Å². The molecule has 4 nitrogen and oxygen atoms in total. The standard InChI is InChI=1S/C7H8N2O2/c1-11-7-5(9-8)3-2-4-6(7)10/h2-4,8,10H,1H3. The van der Waals surface area contributed by atoms with Crippen LogP contribution in [-0.4, -0.2) is 12.2 Å². The number of nitrogens with one attached hydrogen (secondary N) is 1. The van der Waals surface area contributed by atoms with Crippen molar-refractivity contribution < 1.29 is 9.84 Å². The van der Waals surface area contributed by atoms with Gasteiger partial charge in [0.25, 0.3) is 0 Å². The van der Waals surface area contributed by atoms with Crippen LogP contribution >= 0.6 is 0 Å². The molecule has 0 atom stereocenters. The zero-order valence-corrected chi connectivity index (χ0v) is 6.03. The van der Waals surface area contributed by atoms with Gasteiger partial charge < -0.3 is 9.84 Å². The van der Waals surface area contributed by atoms with E-state index in [9.17, 15) is 0 Å². The molecule has 0 unspecified atom stereocenters. The molecule has 0 aromatic heterocycles. The number of hydrogen-bond acceptors (Lipinski definition) is 4. The fraction of sp³-hybridized carbons (Fsp3) is 0.143. The summed E-state index contributed by atoms with van der Waals surface area (Å²) >= 11 is 0. The van der Waals surface area contributed by atoms with Gasteiger partial charge in [0.1, 0.15) is 5.69 Å². The smallest absolute Gasteiger partial charge is 0.188 e. The molecule has 0 bridgehead atoms. The summed E-state index contributed by atoms with van der Waals surface area (Å²) in [5, 5.41) is 12.3. The number of para-hydroxylation sites is 1. The van der Waals surface area contributed by atoms with E-state index in [0.29, 0.717) is 5.69 Å².